The normalized spacial score (nSPS) is 21.7. The summed E-state index contributed by atoms with van der Waals surface area (Å²) in [6.45, 7) is 11.7. The molecule has 102 valence electrons. The van der Waals surface area contributed by atoms with Crippen LogP contribution in [0.2, 0.25) is 0 Å². The Kier molecular flexibility index (Phi) is 5.86. The molecule has 0 amide bonds. The van der Waals surface area contributed by atoms with Crippen molar-refractivity contribution < 1.29 is 9.84 Å². The lowest BCUT2D eigenvalue weighted by atomic mass is 10.1. The van der Waals surface area contributed by atoms with Crippen LogP contribution in [-0.2, 0) is 4.74 Å². The molecule has 1 aliphatic heterocycles. The lowest BCUT2D eigenvalue weighted by molar-refractivity contribution is -0.0689. The summed E-state index contributed by atoms with van der Waals surface area (Å²) in [6.07, 6.45) is 0.595. The molecule has 0 saturated carbocycles. The topological polar surface area (TPSA) is 35.9 Å². The van der Waals surface area contributed by atoms with E-state index in [4.69, 9.17) is 4.74 Å². The van der Waals surface area contributed by atoms with Gasteiger partial charge in [0.25, 0.3) is 0 Å². The van der Waals surface area contributed by atoms with Gasteiger partial charge in [-0.25, -0.2) is 0 Å². The van der Waals surface area contributed by atoms with Crippen LogP contribution in [0.1, 0.15) is 27.2 Å². The lowest BCUT2D eigenvalue weighted by Crippen LogP contribution is -2.48. The van der Waals surface area contributed by atoms with Gasteiger partial charge in [-0.3, -0.25) is 4.90 Å². The Bertz CT molecular complexity index is 213. The summed E-state index contributed by atoms with van der Waals surface area (Å²) in [5.41, 5.74) is -0.122. The van der Waals surface area contributed by atoms with Gasteiger partial charge in [0.05, 0.1) is 18.3 Å². The maximum atomic E-state index is 9.95. The van der Waals surface area contributed by atoms with Gasteiger partial charge in [-0.05, 0) is 27.3 Å². The Morgan fingerprint density at radius 3 is 2.35 bits per heavy atom. The number of rotatable bonds is 6. The number of aliphatic hydroxyl groups excluding tert-OH is 1. The van der Waals surface area contributed by atoms with Crippen LogP contribution in [-0.4, -0.2) is 73.0 Å². The molecule has 0 aromatic carbocycles. The number of aliphatic hydroxyl groups is 1. The zero-order valence-corrected chi connectivity index (χ0v) is 11.8. The molecule has 1 aliphatic rings. The van der Waals surface area contributed by atoms with Crippen molar-refractivity contribution in [1.82, 2.24) is 9.80 Å². The molecule has 1 heterocycles. The van der Waals surface area contributed by atoms with E-state index < -0.39 is 0 Å². The summed E-state index contributed by atoms with van der Waals surface area (Å²) in [4.78, 5) is 4.63. The van der Waals surface area contributed by atoms with Crippen molar-refractivity contribution in [2.45, 2.75) is 38.9 Å². The van der Waals surface area contributed by atoms with Gasteiger partial charge >= 0.3 is 0 Å². The molecule has 1 atom stereocenters. The monoisotopic (exact) mass is 244 g/mol. The van der Waals surface area contributed by atoms with E-state index in [1.54, 1.807) is 0 Å². The number of hydrogen-bond acceptors (Lipinski definition) is 4. The lowest BCUT2D eigenvalue weighted by Gasteiger charge is -2.34. The summed E-state index contributed by atoms with van der Waals surface area (Å²) >= 11 is 0. The van der Waals surface area contributed by atoms with E-state index in [0.717, 1.165) is 39.1 Å². The zero-order valence-electron chi connectivity index (χ0n) is 11.8. The molecule has 0 bridgehead atoms. The van der Waals surface area contributed by atoms with Crippen LogP contribution in [0.4, 0.5) is 0 Å². The van der Waals surface area contributed by atoms with Gasteiger partial charge < -0.3 is 14.7 Å². The Morgan fingerprint density at radius 1 is 1.24 bits per heavy atom. The molecular formula is C13H28N2O2. The molecular weight excluding hydrogens is 216 g/mol. The summed E-state index contributed by atoms with van der Waals surface area (Å²) in [6, 6.07) is 0. The van der Waals surface area contributed by atoms with Crippen molar-refractivity contribution in [1.29, 1.82) is 0 Å². The van der Waals surface area contributed by atoms with Crippen LogP contribution in [0.5, 0.6) is 0 Å². The number of ether oxygens (including phenoxy) is 1. The molecule has 1 N–H and O–H groups in total. The van der Waals surface area contributed by atoms with Gasteiger partial charge in [-0.1, -0.05) is 6.92 Å². The first-order valence-electron chi connectivity index (χ1n) is 6.66. The van der Waals surface area contributed by atoms with Crippen molar-refractivity contribution in [2.24, 2.45) is 0 Å². The molecule has 4 heteroatoms. The SMILES string of the molecule is CCC(C)(C)OC[C@H](O)CN1CCN(C)CC1. The Balaban J connectivity index is 2.18. The van der Waals surface area contributed by atoms with E-state index >= 15 is 0 Å². The Labute approximate surface area is 106 Å². The first-order valence-corrected chi connectivity index (χ1v) is 6.66. The second kappa shape index (κ2) is 6.69. The van der Waals surface area contributed by atoms with Crippen LogP contribution < -0.4 is 0 Å². The number of hydrogen-bond donors (Lipinski definition) is 1. The second-order valence-corrected chi connectivity index (χ2v) is 5.68. The molecule has 0 aliphatic carbocycles. The summed E-state index contributed by atoms with van der Waals surface area (Å²) in [5.74, 6) is 0. The first kappa shape index (κ1) is 14.9. The van der Waals surface area contributed by atoms with Crippen LogP contribution in [0, 0.1) is 0 Å². The quantitative estimate of drug-likeness (QED) is 0.750. The van der Waals surface area contributed by atoms with Gasteiger partial charge in [-0.15, -0.1) is 0 Å². The number of piperazine rings is 1. The zero-order chi connectivity index (χ0) is 12.9. The van der Waals surface area contributed by atoms with E-state index in [2.05, 4.69) is 37.6 Å². The number of β-amino-alcohol motifs (C(OH)–C–C–N with tert-alkyl or cyclic N) is 1. The maximum absolute atomic E-state index is 9.95. The van der Waals surface area contributed by atoms with E-state index in [1.165, 1.54) is 0 Å². The van der Waals surface area contributed by atoms with Crippen LogP contribution >= 0.6 is 0 Å². The third-order valence-electron chi connectivity index (χ3n) is 3.58. The molecule has 1 fully saturated rings. The third-order valence-corrected chi connectivity index (χ3v) is 3.58. The van der Waals surface area contributed by atoms with E-state index in [-0.39, 0.29) is 11.7 Å². The minimum absolute atomic E-state index is 0.122. The van der Waals surface area contributed by atoms with Crippen LogP contribution in [0.25, 0.3) is 0 Å². The average molecular weight is 244 g/mol. The number of nitrogens with zero attached hydrogens (tertiary/aromatic N) is 2. The van der Waals surface area contributed by atoms with E-state index in [1.807, 2.05) is 0 Å². The second-order valence-electron chi connectivity index (χ2n) is 5.68. The molecule has 1 saturated heterocycles. The van der Waals surface area contributed by atoms with Crippen molar-refractivity contribution in [3.05, 3.63) is 0 Å². The van der Waals surface area contributed by atoms with Crippen LogP contribution in [0.3, 0.4) is 0 Å². The molecule has 0 radical (unpaired) electrons. The van der Waals surface area contributed by atoms with Gasteiger partial charge in [0, 0.05) is 32.7 Å². The predicted molar refractivity (Wildman–Crippen MR) is 70.3 cm³/mol. The highest BCUT2D eigenvalue weighted by molar-refractivity contribution is 4.73. The van der Waals surface area contributed by atoms with E-state index in [9.17, 15) is 5.11 Å². The average Bonchev–Trinajstić information content (AvgIpc) is 2.30. The smallest absolute Gasteiger partial charge is 0.0900 e. The largest absolute Gasteiger partial charge is 0.389 e. The molecule has 0 spiro atoms. The third kappa shape index (κ3) is 5.82. The minimum atomic E-state index is -0.371. The summed E-state index contributed by atoms with van der Waals surface area (Å²) in [5, 5.41) is 9.95. The molecule has 17 heavy (non-hydrogen) atoms. The van der Waals surface area contributed by atoms with Gasteiger partial charge in [0.2, 0.25) is 0 Å². The highest BCUT2D eigenvalue weighted by Gasteiger charge is 2.20. The Hall–Kier alpha value is -0.160. The fourth-order valence-corrected chi connectivity index (χ4v) is 1.81. The van der Waals surface area contributed by atoms with Gasteiger partial charge in [0.1, 0.15) is 0 Å². The van der Waals surface area contributed by atoms with Gasteiger partial charge in [-0.2, -0.15) is 0 Å². The van der Waals surface area contributed by atoms with Crippen molar-refractivity contribution in [3.63, 3.8) is 0 Å². The first-order chi connectivity index (χ1) is 7.93. The van der Waals surface area contributed by atoms with Crippen molar-refractivity contribution >= 4 is 0 Å². The molecule has 0 aromatic heterocycles. The molecule has 1 rings (SSSR count). The fourth-order valence-electron chi connectivity index (χ4n) is 1.81. The van der Waals surface area contributed by atoms with Gasteiger partial charge in [0.15, 0.2) is 0 Å². The highest BCUT2D eigenvalue weighted by atomic mass is 16.5. The molecule has 0 aromatic rings. The standard InChI is InChI=1S/C13H28N2O2/c1-5-13(2,3)17-11-12(16)10-15-8-6-14(4)7-9-15/h12,16H,5-11H2,1-4H3/t12-/m1/s1. The highest BCUT2D eigenvalue weighted by Crippen LogP contribution is 2.14. The Morgan fingerprint density at radius 2 is 1.82 bits per heavy atom. The summed E-state index contributed by atoms with van der Waals surface area (Å²) < 4.78 is 5.72. The van der Waals surface area contributed by atoms with E-state index in [0.29, 0.717) is 6.61 Å². The molecule has 4 nitrogen and oxygen atoms in total. The minimum Gasteiger partial charge on any atom is -0.389 e. The predicted octanol–water partition coefficient (Wildman–Crippen LogP) is 0.800. The molecule has 0 unspecified atom stereocenters. The number of likely N-dealkylation sites (N-methyl/N-ethyl adjacent to an activating group) is 1. The van der Waals surface area contributed by atoms with Crippen molar-refractivity contribution in [3.8, 4) is 0 Å². The summed E-state index contributed by atoms with van der Waals surface area (Å²) in [7, 11) is 2.14. The fraction of sp³-hybridized carbons (Fsp3) is 1.00. The maximum Gasteiger partial charge on any atom is 0.0900 e. The van der Waals surface area contributed by atoms with Crippen LogP contribution in [0.15, 0.2) is 0 Å². The van der Waals surface area contributed by atoms with Crippen molar-refractivity contribution in [2.75, 3.05) is 46.4 Å².